The van der Waals surface area contributed by atoms with E-state index < -0.39 is 5.92 Å². The second-order valence-electron chi connectivity index (χ2n) is 7.34. The van der Waals surface area contributed by atoms with E-state index in [1.54, 1.807) is 0 Å². The first-order chi connectivity index (χ1) is 11.0. The minimum Gasteiger partial charge on any atom is -0.375 e. The SMILES string of the molecule is CC1CN(c2nnc(C3CC3)n2CC2CCC(F)(F)C2)CCO1. The zero-order chi connectivity index (χ0) is 16.0. The van der Waals surface area contributed by atoms with Gasteiger partial charge >= 0.3 is 0 Å². The average Bonchev–Trinajstić information content (AvgIpc) is 3.17. The fraction of sp³-hybridized carbons (Fsp3) is 0.875. The van der Waals surface area contributed by atoms with E-state index in [9.17, 15) is 8.78 Å². The normalized spacial score (nSPS) is 30.8. The molecular formula is C16H24F2N4O. The minimum absolute atomic E-state index is 0.00571. The van der Waals surface area contributed by atoms with Crippen LogP contribution in [0.2, 0.25) is 0 Å². The van der Waals surface area contributed by atoms with Crippen molar-refractivity contribution in [3.63, 3.8) is 0 Å². The smallest absolute Gasteiger partial charge is 0.248 e. The highest BCUT2D eigenvalue weighted by atomic mass is 19.3. The van der Waals surface area contributed by atoms with Gasteiger partial charge in [0.25, 0.3) is 0 Å². The summed E-state index contributed by atoms with van der Waals surface area (Å²) in [5.41, 5.74) is 0. The van der Waals surface area contributed by atoms with Gasteiger partial charge in [-0.3, -0.25) is 4.57 Å². The average molecular weight is 326 g/mol. The van der Waals surface area contributed by atoms with Crippen LogP contribution >= 0.6 is 0 Å². The molecule has 2 saturated carbocycles. The predicted octanol–water partition coefficient (Wildman–Crippen LogP) is 2.82. The number of halogens is 2. The van der Waals surface area contributed by atoms with Crippen molar-refractivity contribution in [2.45, 2.75) is 63.5 Å². The molecular weight excluding hydrogens is 302 g/mol. The van der Waals surface area contributed by atoms with Gasteiger partial charge in [-0.2, -0.15) is 0 Å². The summed E-state index contributed by atoms with van der Waals surface area (Å²) in [4.78, 5) is 2.19. The lowest BCUT2D eigenvalue weighted by atomic mass is 10.1. The molecule has 1 aromatic heterocycles. The first-order valence-corrected chi connectivity index (χ1v) is 8.69. The van der Waals surface area contributed by atoms with Crippen LogP contribution in [-0.2, 0) is 11.3 Å². The topological polar surface area (TPSA) is 43.2 Å². The lowest BCUT2D eigenvalue weighted by Crippen LogP contribution is -2.42. The van der Waals surface area contributed by atoms with Gasteiger partial charge in [0.15, 0.2) is 0 Å². The van der Waals surface area contributed by atoms with E-state index in [-0.39, 0.29) is 24.9 Å². The Labute approximate surface area is 135 Å². The Bertz CT molecular complexity index is 572. The van der Waals surface area contributed by atoms with E-state index in [0.29, 0.717) is 25.5 Å². The standard InChI is InChI=1S/C16H24F2N4O/c1-11-9-21(6-7-23-11)15-20-19-14(13-2-3-13)22(15)10-12-4-5-16(17,18)8-12/h11-13H,2-10H2,1H3. The molecule has 0 radical (unpaired) electrons. The summed E-state index contributed by atoms with van der Waals surface area (Å²) in [6, 6.07) is 0. The predicted molar refractivity (Wildman–Crippen MR) is 81.9 cm³/mol. The van der Waals surface area contributed by atoms with E-state index in [0.717, 1.165) is 37.7 Å². The lowest BCUT2D eigenvalue weighted by Gasteiger charge is -2.32. The number of alkyl halides is 2. The van der Waals surface area contributed by atoms with Crippen molar-refractivity contribution in [3.05, 3.63) is 5.82 Å². The van der Waals surface area contributed by atoms with E-state index in [1.165, 1.54) is 0 Å². The lowest BCUT2D eigenvalue weighted by molar-refractivity contribution is 0.00432. The molecule has 0 N–H and O–H groups in total. The molecule has 1 aliphatic heterocycles. The summed E-state index contributed by atoms with van der Waals surface area (Å²) in [7, 11) is 0. The van der Waals surface area contributed by atoms with E-state index in [1.807, 2.05) is 6.92 Å². The molecule has 7 heteroatoms. The van der Waals surface area contributed by atoms with Gasteiger partial charge in [0.2, 0.25) is 11.9 Å². The van der Waals surface area contributed by atoms with Gasteiger partial charge in [-0.05, 0) is 32.1 Å². The van der Waals surface area contributed by atoms with Gasteiger partial charge in [0, 0.05) is 38.4 Å². The molecule has 3 fully saturated rings. The summed E-state index contributed by atoms with van der Waals surface area (Å²) < 4.78 is 34.8. The first kappa shape index (κ1) is 15.3. The summed E-state index contributed by atoms with van der Waals surface area (Å²) in [5, 5.41) is 8.81. The fourth-order valence-electron chi connectivity index (χ4n) is 3.81. The molecule has 2 heterocycles. The Morgan fingerprint density at radius 2 is 2.09 bits per heavy atom. The largest absolute Gasteiger partial charge is 0.375 e. The van der Waals surface area contributed by atoms with Crippen molar-refractivity contribution in [2.24, 2.45) is 5.92 Å². The van der Waals surface area contributed by atoms with Crippen LogP contribution in [0.3, 0.4) is 0 Å². The van der Waals surface area contributed by atoms with E-state index in [4.69, 9.17) is 4.74 Å². The molecule has 1 saturated heterocycles. The number of hydrogen-bond acceptors (Lipinski definition) is 4. The molecule has 23 heavy (non-hydrogen) atoms. The zero-order valence-corrected chi connectivity index (χ0v) is 13.5. The summed E-state index contributed by atoms with van der Waals surface area (Å²) in [6.45, 7) is 4.91. The van der Waals surface area contributed by atoms with Crippen LogP contribution in [0.1, 0.15) is 50.8 Å². The summed E-state index contributed by atoms with van der Waals surface area (Å²) in [6.07, 6.45) is 3.04. The Hall–Kier alpha value is -1.24. The molecule has 0 aromatic carbocycles. The number of hydrogen-bond donors (Lipinski definition) is 0. The Morgan fingerprint density at radius 1 is 1.26 bits per heavy atom. The molecule has 2 unspecified atom stereocenters. The molecule has 128 valence electrons. The molecule has 4 rings (SSSR count). The molecule has 2 aliphatic carbocycles. The minimum atomic E-state index is -2.49. The monoisotopic (exact) mass is 326 g/mol. The van der Waals surface area contributed by atoms with Crippen LogP contribution in [-0.4, -0.2) is 46.5 Å². The first-order valence-electron chi connectivity index (χ1n) is 8.69. The number of anilines is 1. The van der Waals surface area contributed by atoms with Gasteiger partial charge in [0.1, 0.15) is 5.82 Å². The van der Waals surface area contributed by atoms with Gasteiger partial charge in [-0.1, -0.05) is 0 Å². The van der Waals surface area contributed by atoms with Crippen LogP contribution in [0.4, 0.5) is 14.7 Å². The van der Waals surface area contributed by atoms with Gasteiger partial charge in [0.05, 0.1) is 12.7 Å². The van der Waals surface area contributed by atoms with E-state index in [2.05, 4.69) is 19.7 Å². The molecule has 0 amide bonds. The summed E-state index contributed by atoms with van der Waals surface area (Å²) >= 11 is 0. The third kappa shape index (κ3) is 3.20. The van der Waals surface area contributed by atoms with Crippen molar-refractivity contribution in [1.82, 2.24) is 14.8 Å². The number of ether oxygens (including phenoxy) is 1. The van der Waals surface area contributed by atoms with Crippen molar-refractivity contribution in [3.8, 4) is 0 Å². The number of morpholine rings is 1. The van der Waals surface area contributed by atoms with Crippen molar-refractivity contribution in [1.29, 1.82) is 0 Å². The molecule has 1 aromatic rings. The third-order valence-corrected chi connectivity index (χ3v) is 5.17. The van der Waals surface area contributed by atoms with E-state index >= 15 is 0 Å². The van der Waals surface area contributed by atoms with Crippen LogP contribution in [0.5, 0.6) is 0 Å². The summed E-state index contributed by atoms with van der Waals surface area (Å²) in [5.74, 6) is -0.162. The molecule has 3 aliphatic rings. The maximum absolute atomic E-state index is 13.5. The highest BCUT2D eigenvalue weighted by molar-refractivity contribution is 5.33. The molecule has 2 atom stereocenters. The highest BCUT2D eigenvalue weighted by Gasteiger charge is 2.41. The van der Waals surface area contributed by atoms with Crippen molar-refractivity contribution in [2.75, 3.05) is 24.6 Å². The second-order valence-corrected chi connectivity index (χ2v) is 7.34. The zero-order valence-electron chi connectivity index (χ0n) is 13.5. The number of nitrogens with zero attached hydrogens (tertiary/aromatic N) is 4. The Balaban J connectivity index is 1.57. The van der Waals surface area contributed by atoms with Crippen LogP contribution in [0, 0.1) is 5.92 Å². The van der Waals surface area contributed by atoms with Crippen LogP contribution < -0.4 is 4.90 Å². The molecule has 0 spiro atoms. The van der Waals surface area contributed by atoms with Crippen molar-refractivity contribution < 1.29 is 13.5 Å². The number of aromatic nitrogens is 3. The maximum atomic E-state index is 13.5. The molecule has 0 bridgehead atoms. The maximum Gasteiger partial charge on any atom is 0.248 e. The third-order valence-electron chi connectivity index (χ3n) is 5.17. The Kier molecular flexibility index (Phi) is 3.78. The van der Waals surface area contributed by atoms with Gasteiger partial charge in [-0.25, -0.2) is 8.78 Å². The highest BCUT2D eigenvalue weighted by Crippen LogP contribution is 2.43. The van der Waals surface area contributed by atoms with Crippen LogP contribution in [0.15, 0.2) is 0 Å². The van der Waals surface area contributed by atoms with Gasteiger partial charge in [-0.15, -0.1) is 10.2 Å². The number of rotatable bonds is 4. The second kappa shape index (κ2) is 5.69. The fourth-order valence-corrected chi connectivity index (χ4v) is 3.81. The van der Waals surface area contributed by atoms with Crippen molar-refractivity contribution >= 4 is 5.95 Å². The molecule has 5 nitrogen and oxygen atoms in total. The quantitative estimate of drug-likeness (QED) is 0.853. The van der Waals surface area contributed by atoms with Crippen LogP contribution in [0.25, 0.3) is 0 Å². The van der Waals surface area contributed by atoms with Gasteiger partial charge < -0.3 is 9.64 Å². The Morgan fingerprint density at radius 3 is 2.74 bits per heavy atom.